The van der Waals surface area contributed by atoms with E-state index >= 15 is 0 Å². The van der Waals surface area contributed by atoms with Crippen molar-refractivity contribution in [1.29, 1.82) is 0 Å². The molecule has 1 amide bonds. The van der Waals surface area contributed by atoms with Crippen LogP contribution in [0.2, 0.25) is 5.02 Å². The largest absolute Gasteiger partial charge is 0.465 e. The van der Waals surface area contributed by atoms with Crippen LogP contribution in [0, 0.1) is 12.8 Å². The van der Waals surface area contributed by atoms with Gasteiger partial charge in [0.2, 0.25) is 0 Å². The molecule has 1 aromatic heterocycles. The number of nitrogens with one attached hydrogen (secondary N) is 1. The second-order valence-electron chi connectivity index (χ2n) is 6.90. The molecule has 142 valence electrons. The van der Waals surface area contributed by atoms with Gasteiger partial charge in [-0.15, -0.1) is 12.4 Å². The van der Waals surface area contributed by atoms with Gasteiger partial charge in [-0.3, -0.25) is 9.69 Å². The number of halogens is 2. The molecule has 0 radical (unpaired) electrons. The van der Waals surface area contributed by atoms with Gasteiger partial charge in [0, 0.05) is 17.1 Å². The van der Waals surface area contributed by atoms with Crippen LogP contribution in [0.5, 0.6) is 0 Å². The second kappa shape index (κ2) is 9.45. The first-order valence-electron chi connectivity index (χ1n) is 8.87. The molecule has 0 saturated carbocycles. The van der Waals surface area contributed by atoms with E-state index in [2.05, 4.69) is 17.1 Å². The van der Waals surface area contributed by atoms with Crippen LogP contribution in [0.1, 0.15) is 47.7 Å². The van der Waals surface area contributed by atoms with E-state index in [1.807, 2.05) is 19.1 Å². The van der Waals surface area contributed by atoms with E-state index in [0.29, 0.717) is 17.1 Å². The number of furan rings is 1. The molecule has 1 unspecified atom stereocenters. The maximum atomic E-state index is 12.5. The lowest BCUT2D eigenvalue weighted by Crippen LogP contribution is -2.41. The predicted molar refractivity (Wildman–Crippen MR) is 107 cm³/mol. The number of hydrogen-bond acceptors (Lipinski definition) is 3. The van der Waals surface area contributed by atoms with Crippen molar-refractivity contribution >= 4 is 29.9 Å². The Labute approximate surface area is 166 Å². The first-order chi connectivity index (χ1) is 12.0. The number of carbonyl (C=O) groups excluding carboxylic acids is 1. The molecule has 3 rings (SSSR count). The fourth-order valence-electron chi connectivity index (χ4n) is 3.30. The SMILES string of the molecule is Cc1ccc(C(CNC(=O)c2cccc(Cl)c2)N2CCC(C)CC2)o1.Cl. The van der Waals surface area contributed by atoms with Gasteiger partial charge in [-0.2, -0.15) is 0 Å². The highest BCUT2D eigenvalue weighted by atomic mass is 35.5. The molecule has 2 heterocycles. The molecule has 0 spiro atoms. The third-order valence-corrected chi connectivity index (χ3v) is 5.13. The first-order valence-corrected chi connectivity index (χ1v) is 9.25. The molecule has 1 saturated heterocycles. The summed E-state index contributed by atoms with van der Waals surface area (Å²) in [6.07, 6.45) is 2.36. The average molecular weight is 397 g/mol. The standard InChI is InChI=1S/C20H25ClN2O2.ClH/c1-14-8-10-23(11-9-14)18(19-7-6-15(2)25-19)13-22-20(24)16-4-3-5-17(21)12-16;/h3-7,12,14,18H,8-11,13H2,1-2H3,(H,22,24);1H. The summed E-state index contributed by atoms with van der Waals surface area (Å²) in [7, 11) is 0. The normalized spacial score (nSPS) is 16.7. The molecule has 26 heavy (non-hydrogen) atoms. The van der Waals surface area contributed by atoms with Crippen LogP contribution in [-0.4, -0.2) is 30.4 Å². The van der Waals surface area contributed by atoms with E-state index in [9.17, 15) is 4.79 Å². The Morgan fingerprint density at radius 1 is 1.31 bits per heavy atom. The van der Waals surface area contributed by atoms with E-state index < -0.39 is 0 Å². The summed E-state index contributed by atoms with van der Waals surface area (Å²) in [5.74, 6) is 2.46. The molecule has 6 heteroatoms. The minimum atomic E-state index is -0.110. The number of hydrogen-bond donors (Lipinski definition) is 1. The Bertz CT molecular complexity index is 724. The zero-order chi connectivity index (χ0) is 17.8. The third-order valence-electron chi connectivity index (χ3n) is 4.89. The summed E-state index contributed by atoms with van der Waals surface area (Å²) in [6.45, 7) is 6.82. The van der Waals surface area contributed by atoms with Crippen molar-refractivity contribution in [3.63, 3.8) is 0 Å². The molecule has 1 atom stereocenters. The monoisotopic (exact) mass is 396 g/mol. The minimum absolute atomic E-state index is 0. The van der Waals surface area contributed by atoms with Crippen LogP contribution in [0.4, 0.5) is 0 Å². The summed E-state index contributed by atoms with van der Waals surface area (Å²) in [4.78, 5) is 14.9. The van der Waals surface area contributed by atoms with Crippen molar-refractivity contribution in [3.05, 3.63) is 58.5 Å². The van der Waals surface area contributed by atoms with Gasteiger partial charge in [-0.05, 0) is 69.1 Å². The molecule has 4 nitrogen and oxygen atoms in total. The lowest BCUT2D eigenvalue weighted by molar-refractivity contribution is 0.0895. The summed E-state index contributed by atoms with van der Waals surface area (Å²) >= 11 is 5.98. The first kappa shape index (κ1) is 20.8. The van der Waals surface area contributed by atoms with Crippen molar-refractivity contribution < 1.29 is 9.21 Å². The maximum Gasteiger partial charge on any atom is 0.251 e. The molecule has 1 N–H and O–H groups in total. The van der Waals surface area contributed by atoms with Crippen LogP contribution < -0.4 is 5.32 Å². The van der Waals surface area contributed by atoms with Gasteiger partial charge in [0.15, 0.2) is 0 Å². The number of aryl methyl sites for hydroxylation is 1. The van der Waals surface area contributed by atoms with Crippen molar-refractivity contribution in [2.75, 3.05) is 19.6 Å². The van der Waals surface area contributed by atoms with Crippen molar-refractivity contribution in [2.24, 2.45) is 5.92 Å². The molecule has 1 aromatic carbocycles. The molecule has 2 aromatic rings. The lowest BCUT2D eigenvalue weighted by Gasteiger charge is -2.35. The van der Waals surface area contributed by atoms with Crippen LogP contribution in [-0.2, 0) is 0 Å². The van der Waals surface area contributed by atoms with Gasteiger partial charge in [0.05, 0.1) is 6.04 Å². The van der Waals surface area contributed by atoms with E-state index in [0.717, 1.165) is 30.5 Å². The molecule has 1 fully saturated rings. The minimum Gasteiger partial charge on any atom is -0.465 e. The molecule has 1 aliphatic rings. The van der Waals surface area contributed by atoms with Crippen LogP contribution in [0.25, 0.3) is 0 Å². The van der Waals surface area contributed by atoms with Gasteiger partial charge in [-0.25, -0.2) is 0 Å². The molecule has 1 aliphatic heterocycles. The highest BCUT2D eigenvalue weighted by Crippen LogP contribution is 2.27. The quantitative estimate of drug-likeness (QED) is 0.783. The van der Waals surface area contributed by atoms with E-state index in [4.69, 9.17) is 16.0 Å². The topological polar surface area (TPSA) is 45.5 Å². The van der Waals surface area contributed by atoms with Gasteiger partial charge in [-0.1, -0.05) is 24.6 Å². The van der Waals surface area contributed by atoms with Gasteiger partial charge < -0.3 is 9.73 Å². The molecule has 0 bridgehead atoms. The highest BCUT2D eigenvalue weighted by Gasteiger charge is 2.27. The summed E-state index contributed by atoms with van der Waals surface area (Å²) in [5, 5.41) is 3.61. The number of benzene rings is 1. The highest BCUT2D eigenvalue weighted by molar-refractivity contribution is 6.30. The number of amides is 1. The average Bonchev–Trinajstić information content (AvgIpc) is 3.02. The fraction of sp³-hybridized carbons (Fsp3) is 0.450. The Kier molecular flexibility index (Phi) is 7.56. The zero-order valence-electron chi connectivity index (χ0n) is 15.2. The van der Waals surface area contributed by atoms with Crippen molar-refractivity contribution in [3.8, 4) is 0 Å². The van der Waals surface area contributed by atoms with Gasteiger partial charge in [0.25, 0.3) is 5.91 Å². The van der Waals surface area contributed by atoms with Crippen molar-refractivity contribution in [2.45, 2.75) is 32.7 Å². The third kappa shape index (κ3) is 5.26. The maximum absolute atomic E-state index is 12.5. The van der Waals surface area contributed by atoms with Gasteiger partial charge in [0.1, 0.15) is 11.5 Å². The van der Waals surface area contributed by atoms with Crippen molar-refractivity contribution in [1.82, 2.24) is 10.2 Å². The molecular weight excluding hydrogens is 371 g/mol. The second-order valence-corrected chi connectivity index (χ2v) is 7.34. The summed E-state index contributed by atoms with van der Waals surface area (Å²) in [5.41, 5.74) is 0.578. The van der Waals surface area contributed by atoms with E-state index in [1.165, 1.54) is 12.8 Å². The number of rotatable bonds is 5. The van der Waals surface area contributed by atoms with Crippen LogP contribution in [0.3, 0.4) is 0 Å². The summed E-state index contributed by atoms with van der Waals surface area (Å²) < 4.78 is 5.87. The number of carbonyl (C=O) groups is 1. The summed E-state index contributed by atoms with van der Waals surface area (Å²) in [6, 6.07) is 11.1. The number of piperidine rings is 1. The zero-order valence-corrected chi connectivity index (χ0v) is 16.8. The Morgan fingerprint density at radius 2 is 2.04 bits per heavy atom. The van der Waals surface area contributed by atoms with E-state index in [1.54, 1.807) is 24.3 Å². The number of likely N-dealkylation sites (tertiary alicyclic amines) is 1. The Morgan fingerprint density at radius 3 is 2.65 bits per heavy atom. The van der Waals surface area contributed by atoms with Crippen LogP contribution in [0.15, 0.2) is 40.8 Å². The molecule has 0 aliphatic carbocycles. The smallest absolute Gasteiger partial charge is 0.251 e. The molecular formula is C20H26Cl2N2O2. The van der Waals surface area contributed by atoms with Gasteiger partial charge >= 0.3 is 0 Å². The fourth-order valence-corrected chi connectivity index (χ4v) is 3.49. The Balaban J connectivity index is 0.00000243. The Hall–Kier alpha value is -1.49. The lowest BCUT2D eigenvalue weighted by atomic mass is 9.97. The number of nitrogens with zero attached hydrogens (tertiary/aromatic N) is 1. The van der Waals surface area contributed by atoms with Crippen LogP contribution >= 0.6 is 24.0 Å². The predicted octanol–water partition coefficient (Wildman–Crippen LogP) is 4.87. The van der Waals surface area contributed by atoms with E-state index in [-0.39, 0.29) is 24.4 Å².